The van der Waals surface area contributed by atoms with Crippen molar-refractivity contribution in [3.8, 4) is 0 Å². The summed E-state index contributed by atoms with van der Waals surface area (Å²) in [7, 11) is 0. The summed E-state index contributed by atoms with van der Waals surface area (Å²) in [6.07, 6.45) is 3.23. The molecule has 5 heteroatoms. The van der Waals surface area contributed by atoms with Crippen LogP contribution >= 0.6 is 0 Å². The molecule has 0 unspecified atom stereocenters. The van der Waals surface area contributed by atoms with Crippen molar-refractivity contribution in [1.82, 2.24) is 9.97 Å². The lowest BCUT2D eigenvalue weighted by Crippen LogP contribution is -2.07. The number of nitrogens with zero attached hydrogens (tertiary/aromatic N) is 2. The van der Waals surface area contributed by atoms with E-state index in [0.29, 0.717) is 29.8 Å². The predicted molar refractivity (Wildman–Crippen MR) is 88.9 cm³/mol. The van der Waals surface area contributed by atoms with Crippen molar-refractivity contribution in [2.24, 2.45) is 0 Å². The normalized spacial score (nSPS) is 10.4. The Bertz CT molecular complexity index is 605. The Kier molecular flexibility index (Phi) is 4.77. The third kappa shape index (κ3) is 3.72. The van der Waals surface area contributed by atoms with Crippen LogP contribution in [0.4, 0.5) is 23.0 Å². The molecule has 0 aliphatic carbocycles. The van der Waals surface area contributed by atoms with Crippen LogP contribution in [0.1, 0.15) is 25.3 Å². The van der Waals surface area contributed by atoms with E-state index >= 15 is 0 Å². The van der Waals surface area contributed by atoms with Crippen molar-refractivity contribution in [2.45, 2.75) is 19.8 Å². The van der Waals surface area contributed by atoms with Gasteiger partial charge in [-0.25, -0.2) is 9.97 Å². The number of rotatable bonds is 6. The fraction of sp³-hybridized carbons (Fsp3) is 0.250. The minimum absolute atomic E-state index is 0.493. The molecule has 0 bridgehead atoms. The van der Waals surface area contributed by atoms with Crippen molar-refractivity contribution in [3.05, 3.63) is 48.8 Å². The molecule has 0 fully saturated rings. The third-order valence-electron chi connectivity index (χ3n) is 3.14. The first kappa shape index (κ1) is 14.8. The number of hydrogen-bond acceptors (Lipinski definition) is 5. The minimum Gasteiger partial charge on any atom is -0.393 e. The van der Waals surface area contributed by atoms with Crippen LogP contribution in [0.5, 0.6) is 0 Å². The summed E-state index contributed by atoms with van der Waals surface area (Å²) in [6.45, 7) is 8.59. The number of aromatic nitrogens is 2. The zero-order valence-electron chi connectivity index (χ0n) is 12.4. The maximum Gasteiger partial charge on any atom is 0.159 e. The highest BCUT2D eigenvalue weighted by Gasteiger charge is 2.07. The minimum atomic E-state index is 0.493. The molecule has 0 saturated heterocycles. The van der Waals surface area contributed by atoms with Crippen molar-refractivity contribution in [1.29, 1.82) is 0 Å². The van der Waals surface area contributed by atoms with Crippen LogP contribution in [-0.4, -0.2) is 16.5 Å². The maximum atomic E-state index is 6.07. The monoisotopic (exact) mass is 283 g/mol. The number of benzene rings is 1. The van der Waals surface area contributed by atoms with Crippen LogP contribution in [0.2, 0.25) is 0 Å². The Hall–Kier alpha value is -2.56. The highest BCUT2D eigenvalue weighted by atomic mass is 15.1. The van der Waals surface area contributed by atoms with Crippen molar-refractivity contribution in [3.63, 3.8) is 0 Å². The second-order valence-electron chi connectivity index (χ2n) is 5.06. The van der Waals surface area contributed by atoms with Crippen molar-refractivity contribution in [2.75, 3.05) is 22.9 Å². The number of nitrogen functional groups attached to an aromatic ring is 1. The summed E-state index contributed by atoms with van der Waals surface area (Å²) in [5.41, 5.74) is 8.80. The molecule has 1 aromatic heterocycles. The number of hydrogen-bond donors (Lipinski definition) is 3. The maximum absolute atomic E-state index is 6.07. The first-order chi connectivity index (χ1) is 10.1. The Labute approximate surface area is 125 Å². The van der Waals surface area contributed by atoms with Crippen LogP contribution in [0, 0.1) is 0 Å². The van der Waals surface area contributed by atoms with Gasteiger partial charge in [0.1, 0.15) is 12.0 Å². The molecule has 0 amide bonds. The predicted octanol–water partition coefficient (Wildman–Crippen LogP) is 3.52. The lowest BCUT2D eigenvalue weighted by atomic mass is 10.0. The van der Waals surface area contributed by atoms with E-state index in [4.69, 9.17) is 5.73 Å². The smallest absolute Gasteiger partial charge is 0.159 e. The fourth-order valence-electron chi connectivity index (χ4n) is 1.89. The molecule has 2 aromatic rings. The van der Waals surface area contributed by atoms with Gasteiger partial charge < -0.3 is 16.4 Å². The van der Waals surface area contributed by atoms with Gasteiger partial charge in [-0.1, -0.05) is 32.1 Å². The molecule has 1 aromatic carbocycles. The zero-order chi connectivity index (χ0) is 15.2. The van der Waals surface area contributed by atoms with Gasteiger partial charge in [-0.2, -0.15) is 0 Å². The highest BCUT2D eigenvalue weighted by molar-refractivity contribution is 5.77. The molecule has 5 nitrogen and oxygen atoms in total. The Morgan fingerprint density at radius 3 is 2.48 bits per heavy atom. The molecular weight excluding hydrogens is 262 g/mol. The second kappa shape index (κ2) is 6.74. The molecule has 21 heavy (non-hydrogen) atoms. The Morgan fingerprint density at radius 1 is 1.19 bits per heavy atom. The molecule has 0 radical (unpaired) electrons. The van der Waals surface area contributed by atoms with E-state index in [1.54, 1.807) is 6.08 Å². The lowest BCUT2D eigenvalue weighted by molar-refractivity contribution is 0.867. The Balaban J connectivity index is 2.17. The van der Waals surface area contributed by atoms with Crippen LogP contribution < -0.4 is 16.4 Å². The van der Waals surface area contributed by atoms with Gasteiger partial charge in [0.2, 0.25) is 0 Å². The van der Waals surface area contributed by atoms with Gasteiger partial charge in [-0.15, -0.1) is 6.58 Å². The van der Waals surface area contributed by atoms with E-state index in [9.17, 15) is 0 Å². The van der Waals surface area contributed by atoms with Crippen LogP contribution in [-0.2, 0) is 0 Å². The van der Waals surface area contributed by atoms with E-state index in [1.807, 2.05) is 12.1 Å². The van der Waals surface area contributed by atoms with E-state index in [1.165, 1.54) is 11.9 Å². The van der Waals surface area contributed by atoms with Gasteiger partial charge >= 0.3 is 0 Å². The molecule has 0 atom stereocenters. The summed E-state index contributed by atoms with van der Waals surface area (Å²) in [4.78, 5) is 8.31. The quantitative estimate of drug-likeness (QED) is 0.707. The third-order valence-corrected chi connectivity index (χ3v) is 3.14. The molecule has 1 heterocycles. The van der Waals surface area contributed by atoms with Crippen molar-refractivity contribution >= 4 is 23.0 Å². The molecule has 110 valence electrons. The van der Waals surface area contributed by atoms with E-state index < -0.39 is 0 Å². The lowest BCUT2D eigenvalue weighted by Gasteiger charge is -2.12. The van der Waals surface area contributed by atoms with Gasteiger partial charge in [0.05, 0.1) is 0 Å². The molecule has 0 saturated carbocycles. The zero-order valence-corrected chi connectivity index (χ0v) is 12.4. The fourth-order valence-corrected chi connectivity index (χ4v) is 1.89. The van der Waals surface area contributed by atoms with Gasteiger partial charge in [-0.05, 0) is 23.6 Å². The van der Waals surface area contributed by atoms with Gasteiger partial charge in [0.15, 0.2) is 11.6 Å². The van der Waals surface area contributed by atoms with Crippen molar-refractivity contribution < 1.29 is 0 Å². The van der Waals surface area contributed by atoms with E-state index in [0.717, 1.165) is 5.69 Å². The largest absolute Gasteiger partial charge is 0.393 e. The summed E-state index contributed by atoms with van der Waals surface area (Å²) in [5.74, 6) is 1.71. The summed E-state index contributed by atoms with van der Waals surface area (Å²) >= 11 is 0. The molecule has 0 aliphatic rings. The standard InChI is InChI=1S/C16H21N5/c1-4-9-18-15-14(17)16(20-10-19-15)21-13-7-5-12(6-8-13)11(2)3/h4-8,10-11H,1,9,17H2,2-3H3,(H2,18,19,20,21). The summed E-state index contributed by atoms with van der Waals surface area (Å²) < 4.78 is 0. The molecular formula is C16H21N5. The van der Waals surface area contributed by atoms with E-state index in [-0.39, 0.29) is 0 Å². The Morgan fingerprint density at radius 2 is 1.86 bits per heavy atom. The average molecular weight is 283 g/mol. The highest BCUT2D eigenvalue weighted by Crippen LogP contribution is 2.26. The number of anilines is 4. The number of nitrogens with two attached hydrogens (primary N) is 1. The first-order valence-corrected chi connectivity index (χ1v) is 6.94. The average Bonchev–Trinajstić information content (AvgIpc) is 2.49. The molecule has 0 spiro atoms. The molecule has 4 N–H and O–H groups in total. The SMILES string of the molecule is C=CCNc1ncnc(Nc2ccc(C(C)C)cc2)c1N. The van der Waals surface area contributed by atoms with Crippen LogP contribution in [0.3, 0.4) is 0 Å². The van der Waals surface area contributed by atoms with Gasteiger partial charge in [0, 0.05) is 12.2 Å². The first-order valence-electron chi connectivity index (χ1n) is 6.94. The molecule has 0 aliphatic heterocycles. The number of nitrogens with one attached hydrogen (secondary N) is 2. The second-order valence-corrected chi connectivity index (χ2v) is 5.06. The molecule has 2 rings (SSSR count). The van der Waals surface area contributed by atoms with Crippen LogP contribution in [0.15, 0.2) is 43.2 Å². The van der Waals surface area contributed by atoms with Gasteiger partial charge in [-0.3, -0.25) is 0 Å². The topological polar surface area (TPSA) is 75.9 Å². The van der Waals surface area contributed by atoms with E-state index in [2.05, 4.69) is 53.2 Å². The van der Waals surface area contributed by atoms with Crippen LogP contribution in [0.25, 0.3) is 0 Å². The van der Waals surface area contributed by atoms with Gasteiger partial charge in [0.25, 0.3) is 0 Å². The summed E-state index contributed by atoms with van der Waals surface area (Å²) in [6, 6.07) is 8.24. The summed E-state index contributed by atoms with van der Waals surface area (Å²) in [5, 5.41) is 6.29.